The zero-order valence-corrected chi connectivity index (χ0v) is 14.1. The molecule has 0 spiro atoms. The zero-order chi connectivity index (χ0) is 16.0. The molecule has 1 fully saturated rings. The third-order valence-electron chi connectivity index (χ3n) is 3.88. The van der Waals surface area contributed by atoms with E-state index in [0.717, 1.165) is 30.8 Å². The fourth-order valence-corrected chi connectivity index (χ4v) is 4.36. The molecule has 1 N–H and O–H groups in total. The highest BCUT2D eigenvalue weighted by Gasteiger charge is 2.28. The first-order chi connectivity index (χ1) is 10.5. The highest BCUT2D eigenvalue weighted by Crippen LogP contribution is 2.18. The summed E-state index contributed by atoms with van der Waals surface area (Å²) in [5.74, 6) is 1.04. The molecule has 6 heteroatoms. The SMILES string of the molecule is CN(C)C(=NCc1ccccc1)NCC1CCCCS1(=O)=O. The van der Waals surface area contributed by atoms with Crippen LogP contribution in [0.3, 0.4) is 0 Å². The molecule has 1 heterocycles. The van der Waals surface area contributed by atoms with Crippen LogP contribution in [0, 0.1) is 0 Å². The van der Waals surface area contributed by atoms with Crippen molar-refractivity contribution >= 4 is 15.8 Å². The van der Waals surface area contributed by atoms with E-state index in [9.17, 15) is 8.42 Å². The number of aliphatic imine (C=N–C) groups is 1. The van der Waals surface area contributed by atoms with Crippen molar-refractivity contribution in [2.24, 2.45) is 4.99 Å². The quantitative estimate of drug-likeness (QED) is 0.676. The van der Waals surface area contributed by atoms with Gasteiger partial charge in [-0.05, 0) is 18.4 Å². The van der Waals surface area contributed by atoms with Gasteiger partial charge in [0.2, 0.25) is 0 Å². The molecule has 5 nitrogen and oxygen atoms in total. The predicted molar refractivity (Wildman–Crippen MR) is 90.7 cm³/mol. The molecule has 0 bridgehead atoms. The number of nitrogens with zero attached hydrogens (tertiary/aromatic N) is 2. The molecule has 2 rings (SSSR count). The van der Waals surface area contributed by atoms with E-state index < -0.39 is 9.84 Å². The van der Waals surface area contributed by atoms with Crippen molar-refractivity contribution in [3.05, 3.63) is 35.9 Å². The molecule has 0 aliphatic carbocycles. The largest absolute Gasteiger partial charge is 0.355 e. The molecular weight excluding hydrogens is 298 g/mol. The molecule has 0 saturated carbocycles. The van der Waals surface area contributed by atoms with Gasteiger partial charge in [-0.25, -0.2) is 13.4 Å². The van der Waals surface area contributed by atoms with Crippen LogP contribution < -0.4 is 5.32 Å². The molecule has 1 saturated heterocycles. The van der Waals surface area contributed by atoms with Gasteiger partial charge >= 0.3 is 0 Å². The van der Waals surface area contributed by atoms with Crippen LogP contribution in [0.25, 0.3) is 0 Å². The Morgan fingerprint density at radius 2 is 2.00 bits per heavy atom. The Kier molecular flexibility index (Phi) is 5.83. The number of hydrogen-bond donors (Lipinski definition) is 1. The van der Waals surface area contributed by atoms with Gasteiger partial charge in [-0.15, -0.1) is 0 Å². The van der Waals surface area contributed by atoms with E-state index in [-0.39, 0.29) is 5.25 Å². The normalized spacial score (nSPS) is 21.4. The van der Waals surface area contributed by atoms with Gasteiger partial charge in [0.1, 0.15) is 0 Å². The second-order valence-corrected chi connectivity index (χ2v) is 8.29. The van der Waals surface area contributed by atoms with Crippen LogP contribution in [0.5, 0.6) is 0 Å². The summed E-state index contributed by atoms with van der Waals surface area (Å²) >= 11 is 0. The summed E-state index contributed by atoms with van der Waals surface area (Å²) in [6.45, 7) is 1.02. The lowest BCUT2D eigenvalue weighted by atomic mass is 10.2. The molecule has 1 aliphatic rings. The maximum Gasteiger partial charge on any atom is 0.193 e. The molecule has 22 heavy (non-hydrogen) atoms. The summed E-state index contributed by atoms with van der Waals surface area (Å²) in [6, 6.07) is 10.0. The standard InChI is InChI=1S/C16H25N3O2S/c1-19(2)16(17-12-14-8-4-3-5-9-14)18-13-15-10-6-7-11-22(15,20)21/h3-5,8-9,15H,6-7,10-13H2,1-2H3,(H,17,18). The fourth-order valence-electron chi connectivity index (χ4n) is 2.56. The summed E-state index contributed by atoms with van der Waals surface area (Å²) in [4.78, 5) is 6.45. The van der Waals surface area contributed by atoms with E-state index in [4.69, 9.17) is 0 Å². The number of sulfone groups is 1. The predicted octanol–water partition coefficient (Wildman–Crippen LogP) is 1.66. The lowest BCUT2D eigenvalue weighted by molar-refractivity contribution is 0.524. The van der Waals surface area contributed by atoms with E-state index in [1.807, 2.05) is 49.3 Å². The number of nitrogens with one attached hydrogen (secondary N) is 1. The molecule has 0 radical (unpaired) electrons. The topological polar surface area (TPSA) is 61.8 Å². The fraction of sp³-hybridized carbons (Fsp3) is 0.562. The molecular formula is C16H25N3O2S. The molecule has 0 amide bonds. The Bertz CT molecular complexity index is 597. The summed E-state index contributed by atoms with van der Waals surface area (Å²) in [5.41, 5.74) is 1.13. The molecule has 1 aliphatic heterocycles. The highest BCUT2D eigenvalue weighted by atomic mass is 32.2. The molecule has 122 valence electrons. The smallest absolute Gasteiger partial charge is 0.193 e. The van der Waals surface area contributed by atoms with Crippen molar-refractivity contribution in [3.8, 4) is 0 Å². The van der Waals surface area contributed by atoms with Crippen LogP contribution in [0.1, 0.15) is 24.8 Å². The van der Waals surface area contributed by atoms with E-state index >= 15 is 0 Å². The Labute approximate surface area is 133 Å². The Hall–Kier alpha value is -1.56. The van der Waals surface area contributed by atoms with Crippen molar-refractivity contribution < 1.29 is 8.42 Å². The van der Waals surface area contributed by atoms with Crippen molar-refractivity contribution in [2.75, 3.05) is 26.4 Å². The summed E-state index contributed by atoms with van der Waals surface area (Å²) < 4.78 is 24.1. The van der Waals surface area contributed by atoms with Gasteiger partial charge in [-0.2, -0.15) is 0 Å². The van der Waals surface area contributed by atoms with E-state index in [2.05, 4.69) is 10.3 Å². The lowest BCUT2D eigenvalue weighted by Crippen LogP contribution is -2.44. The number of rotatable bonds is 4. The van der Waals surface area contributed by atoms with E-state index in [1.165, 1.54) is 0 Å². The zero-order valence-electron chi connectivity index (χ0n) is 13.3. The first kappa shape index (κ1) is 16.8. The highest BCUT2D eigenvalue weighted by molar-refractivity contribution is 7.92. The summed E-state index contributed by atoms with van der Waals surface area (Å²) in [5, 5.41) is 2.92. The summed E-state index contributed by atoms with van der Waals surface area (Å²) in [7, 11) is 0.870. The molecule has 0 aromatic heterocycles. The van der Waals surface area contributed by atoms with Crippen molar-refractivity contribution in [3.63, 3.8) is 0 Å². The van der Waals surface area contributed by atoms with Crippen LogP contribution >= 0.6 is 0 Å². The number of guanidine groups is 1. The van der Waals surface area contributed by atoms with Crippen LogP contribution in [0.4, 0.5) is 0 Å². The van der Waals surface area contributed by atoms with Gasteiger partial charge in [-0.3, -0.25) is 0 Å². The first-order valence-electron chi connectivity index (χ1n) is 7.70. The molecule has 1 aromatic carbocycles. The monoisotopic (exact) mass is 323 g/mol. The van der Waals surface area contributed by atoms with Crippen molar-refractivity contribution in [2.45, 2.75) is 31.1 Å². The maximum atomic E-state index is 12.1. The van der Waals surface area contributed by atoms with Crippen LogP contribution in [0.2, 0.25) is 0 Å². The number of hydrogen-bond acceptors (Lipinski definition) is 3. The maximum absolute atomic E-state index is 12.1. The molecule has 1 aromatic rings. The van der Waals surface area contributed by atoms with Crippen molar-refractivity contribution in [1.82, 2.24) is 10.2 Å². The first-order valence-corrected chi connectivity index (χ1v) is 9.42. The Morgan fingerprint density at radius 1 is 1.27 bits per heavy atom. The van der Waals surface area contributed by atoms with Gasteiger partial charge in [0, 0.05) is 20.6 Å². The van der Waals surface area contributed by atoms with Crippen LogP contribution in [-0.2, 0) is 16.4 Å². The van der Waals surface area contributed by atoms with Crippen molar-refractivity contribution in [1.29, 1.82) is 0 Å². The van der Waals surface area contributed by atoms with Crippen LogP contribution in [-0.4, -0.2) is 50.9 Å². The van der Waals surface area contributed by atoms with Gasteiger partial charge in [-0.1, -0.05) is 36.8 Å². The van der Waals surface area contributed by atoms with E-state index in [1.54, 1.807) is 0 Å². The Morgan fingerprint density at radius 3 is 2.64 bits per heavy atom. The third-order valence-corrected chi connectivity index (χ3v) is 6.15. The van der Waals surface area contributed by atoms with Gasteiger partial charge < -0.3 is 10.2 Å². The van der Waals surface area contributed by atoms with E-state index in [0.29, 0.717) is 18.8 Å². The molecule has 1 unspecified atom stereocenters. The van der Waals surface area contributed by atoms with Gasteiger partial charge in [0.05, 0.1) is 17.5 Å². The van der Waals surface area contributed by atoms with Gasteiger partial charge in [0.25, 0.3) is 0 Å². The minimum atomic E-state index is -2.95. The average Bonchev–Trinajstić information content (AvgIpc) is 2.49. The molecule has 1 atom stereocenters. The second kappa shape index (κ2) is 7.63. The number of benzene rings is 1. The second-order valence-electron chi connectivity index (χ2n) is 5.89. The van der Waals surface area contributed by atoms with Gasteiger partial charge in [0.15, 0.2) is 15.8 Å². The van der Waals surface area contributed by atoms with Crippen LogP contribution in [0.15, 0.2) is 35.3 Å². The average molecular weight is 323 g/mol. The minimum absolute atomic E-state index is 0.289. The lowest BCUT2D eigenvalue weighted by Gasteiger charge is -2.25. The third kappa shape index (κ3) is 4.73. The Balaban J connectivity index is 1.97. The minimum Gasteiger partial charge on any atom is -0.355 e. The summed E-state index contributed by atoms with van der Waals surface area (Å²) in [6.07, 6.45) is 2.53.